The molecule has 0 aliphatic rings. The number of amides is 1. The third kappa shape index (κ3) is 6.94. The van der Waals surface area contributed by atoms with E-state index in [0.29, 0.717) is 12.2 Å². The van der Waals surface area contributed by atoms with E-state index in [0.717, 1.165) is 34.7 Å². The van der Waals surface area contributed by atoms with Crippen molar-refractivity contribution in [2.75, 3.05) is 24.2 Å². The van der Waals surface area contributed by atoms with E-state index in [1.54, 1.807) is 6.07 Å². The largest absolute Gasteiger partial charge is 0.491 e. The molecule has 0 aromatic heterocycles. The maximum absolute atomic E-state index is 12.5. The van der Waals surface area contributed by atoms with Crippen LogP contribution in [0.25, 0.3) is 0 Å². The second kappa shape index (κ2) is 9.98. The van der Waals surface area contributed by atoms with Crippen molar-refractivity contribution >= 4 is 33.2 Å². The number of ether oxygens (including phenoxy) is 1. The van der Waals surface area contributed by atoms with Crippen molar-refractivity contribution < 1.29 is 17.9 Å². The minimum Gasteiger partial charge on any atom is -0.491 e. The number of carbonyl (C=O) groups excluding carboxylic acids is 1. The zero-order chi connectivity index (χ0) is 21.6. The number of hydrogen-bond acceptors (Lipinski definition) is 4. The van der Waals surface area contributed by atoms with Crippen molar-refractivity contribution in [2.24, 2.45) is 0 Å². The van der Waals surface area contributed by atoms with Crippen molar-refractivity contribution in [3.63, 3.8) is 0 Å². The summed E-state index contributed by atoms with van der Waals surface area (Å²) in [6.07, 6.45) is 2.81. The predicted octanol–water partition coefficient (Wildman–Crippen LogP) is 3.89. The van der Waals surface area contributed by atoms with Crippen LogP contribution in [-0.2, 0) is 16.4 Å². The average molecular weight is 439 g/mol. The Morgan fingerprint density at radius 2 is 1.83 bits per heavy atom. The van der Waals surface area contributed by atoms with E-state index in [1.807, 2.05) is 38.1 Å². The molecule has 2 aromatic carbocycles. The van der Waals surface area contributed by atoms with Crippen molar-refractivity contribution in [2.45, 2.75) is 32.8 Å². The van der Waals surface area contributed by atoms with Crippen LogP contribution in [0.1, 0.15) is 36.2 Å². The molecule has 8 heteroatoms. The Balaban J connectivity index is 1.91. The third-order valence-electron chi connectivity index (χ3n) is 4.28. The van der Waals surface area contributed by atoms with Crippen LogP contribution in [-0.4, -0.2) is 40.3 Å². The standard InChI is InChI=1S/C21H27ClN2O4S/c1-15(2)28-18-10-7-16(8-11-18)6-5-13-23-21(25)19-14-17(9-12-20(19)22)24(3)29(4,26)27/h7-12,14-15H,5-6,13H2,1-4H3,(H,23,25). The first-order chi connectivity index (χ1) is 13.6. The molecule has 158 valence electrons. The van der Waals surface area contributed by atoms with Crippen LogP contribution in [0.2, 0.25) is 5.02 Å². The summed E-state index contributed by atoms with van der Waals surface area (Å²) in [6, 6.07) is 12.5. The van der Waals surface area contributed by atoms with Gasteiger partial charge in [-0.2, -0.15) is 0 Å². The van der Waals surface area contributed by atoms with Crippen LogP contribution in [0.15, 0.2) is 42.5 Å². The lowest BCUT2D eigenvalue weighted by atomic mass is 10.1. The summed E-state index contributed by atoms with van der Waals surface area (Å²) < 4.78 is 30.1. The van der Waals surface area contributed by atoms with E-state index in [-0.39, 0.29) is 22.6 Å². The number of halogens is 1. The number of sulfonamides is 1. The molecule has 1 amide bonds. The first-order valence-electron chi connectivity index (χ1n) is 9.35. The molecule has 0 unspecified atom stereocenters. The fourth-order valence-electron chi connectivity index (χ4n) is 2.67. The number of nitrogens with zero attached hydrogens (tertiary/aromatic N) is 1. The van der Waals surface area contributed by atoms with E-state index in [1.165, 1.54) is 19.2 Å². The molecular formula is C21H27ClN2O4S. The Hall–Kier alpha value is -2.25. The summed E-state index contributed by atoms with van der Waals surface area (Å²) in [7, 11) is -1.99. The van der Waals surface area contributed by atoms with E-state index in [9.17, 15) is 13.2 Å². The van der Waals surface area contributed by atoms with Gasteiger partial charge in [-0.3, -0.25) is 9.10 Å². The van der Waals surface area contributed by atoms with Crippen LogP contribution >= 0.6 is 11.6 Å². The molecule has 0 aliphatic carbocycles. The fraction of sp³-hybridized carbons (Fsp3) is 0.381. The predicted molar refractivity (Wildman–Crippen MR) is 118 cm³/mol. The smallest absolute Gasteiger partial charge is 0.252 e. The van der Waals surface area contributed by atoms with Gasteiger partial charge in [-0.25, -0.2) is 8.42 Å². The summed E-state index contributed by atoms with van der Waals surface area (Å²) in [5.74, 6) is 0.505. The lowest BCUT2D eigenvalue weighted by molar-refractivity contribution is 0.0953. The molecule has 1 N–H and O–H groups in total. The highest BCUT2D eigenvalue weighted by Crippen LogP contribution is 2.24. The highest BCUT2D eigenvalue weighted by atomic mass is 35.5. The van der Waals surface area contributed by atoms with E-state index >= 15 is 0 Å². The van der Waals surface area contributed by atoms with Crippen LogP contribution in [0, 0.1) is 0 Å². The molecule has 0 aliphatic heterocycles. The normalized spacial score (nSPS) is 11.4. The minimum absolute atomic E-state index is 0.138. The monoisotopic (exact) mass is 438 g/mol. The lowest BCUT2D eigenvalue weighted by Gasteiger charge is -2.18. The molecule has 2 aromatic rings. The number of benzene rings is 2. The van der Waals surface area contributed by atoms with Crippen LogP contribution < -0.4 is 14.4 Å². The van der Waals surface area contributed by atoms with Gasteiger partial charge in [-0.1, -0.05) is 23.7 Å². The summed E-state index contributed by atoms with van der Waals surface area (Å²) >= 11 is 6.13. The molecule has 6 nitrogen and oxygen atoms in total. The second-order valence-electron chi connectivity index (χ2n) is 7.06. The van der Waals surface area contributed by atoms with E-state index in [2.05, 4.69) is 5.32 Å². The average Bonchev–Trinajstić information content (AvgIpc) is 2.65. The van der Waals surface area contributed by atoms with Crippen LogP contribution in [0.3, 0.4) is 0 Å². The number of hydrogen-bond donors (Lipinski definition) is 1. The number of rotatable bonds is 9. The van der Waals surface area contributed by atoms with Gasteiger partial charge in [0.1, 0.15) is 5.75 Å². The topological polar surface area (TPSA) is 75.7 Å². The fourth-order valence-corrected chi connectivity index (χ4v) is 3.37. The summed E-state index contributed by atoms with van der Waals surface area (Å²) in [6.45, 7) is 4.45. The molecule has 0 heterocycles. The first-order valence-corrected chi connectivity index (χ1v) is 11.6. The molecule has 0 atom stereocenters. The van der Waals surface area contributed by atoms with Crippen LogP contribution in [0.4, 0.5) is 5.69 Å². The van der Waals surface area contributed by atoms with Gasteiger partial charge in [0.2, 0.25) is 10.0 Å². The van der Waals surface area contributed by atoms with E-state index in [4.69, 9.17) is 16.3 Å². The maximum atomic E-state index is 12.5. The quantitative estimate of drug-likeness (QED) is 0.602. The molecule has 0 spiro atoms. The summed E-state index contributed by atoms with van der Waals surface area (Å²) in [5.41, 5.74) is 1.78. The van der Waals surface area contributed by atoms with Gasteiger partial charge in [-0.15, -0.1) is 0 Å². The number of carbonyl (C=O) groups is 1. The highest BCUT2D eigenvalue weighted by molar-refractivity contribution is 7.92. The molecule has 0 bridgehead atoms. The Kier molecular flexibility index (Phi) is 7.93. The van der Waals surface area contributed by atoms with Gasteiger partial charge in [0.15, 0.2) is 0 Å². The zero-order valence-corrected chi connectivity index (χ0v) is 18.7. The Labute approximate surface area is 177 Å². The molecular weight excluding hydrogens is 412 g/mol. The third-order valence-corrected chi connectivity index (χ3v) is 5.81. The summed E-state index contributed by atoms with van der Waals surface area (Å²) in [5, 5.41) is 3.11. The molecule has 2 rings (SSSR count). The van der Waals surface area contributed by atoms with Crippen molar-refractivity contribution in [3.8, 4) is 5.75 Å². The van der Waals surface area contributed by atoms with Gasteiger partial charge >= 0.3 is 0 Å². The molecule has 0 fully saturated rings. The Morgan fingerprint density at radius 1 is 1.17 bits per heavy atom. The van der Waals surface area contributed by atoms with E-state index < -0.39 is 10.0 Å². The maximum Gasteiger partial charge on any atom is 0.252 e. The number of nitrogens with one attached hydrogen (secondary N) is 1. The van der Waals surface area contributed by atoms with Gasteiger partial charge in [0.25, 0.3) is 5.91 Å². The van der Waals surface area contributed by atoms with Gasteiger partial charge < -0.3 is 10.1 Å². The Bertz CT molecular complexity index is 944. The molecule has 29 heavy (non-hydrogen) atoms. The first kappa shape index (κ1) is 23.0. The molecule has 0 saturated heterocycles. The Morgan fingerprint density at radius 3 is 2.41 bits per heavy atom. The van der Waals surface area contributed by atoms with Crippen LogP contribution in [0.5, 0.6) is 5.75 Å². The SMILES string of the molecule is CC(C)Oc1ccc(CCCNC(=O)c2cc(N(C)S(C)(=O)=O)ccc2Cl)cc1. The molecule has 0 radical (unpaired) electrons. The van der Waals surface area contributed by atoms with Crippen molar-refractivity contribution in [3.05, 3.63) is 58.6 Å². The molecule has 0 saturated carbocycles. The highest BCUT2D eigenvalue weighted by Gasteiger charge is 2.16. The van der Waals surface area contributed by atoms with Gasteiger partial charge in [-0.05, 0) is 62.6 Å². The zero-order valence-electron chi connectivity index (χ0n) is 17.1. The minimum atomic E-state index is -3.42. The van der Waals surface area contributed by atoms with Crippen molar-refractivity contribution in [1.82, 2.24) is 5.32 Å². The van der Waals surface area contributed by atoms with Gasteiger partial charge in [0.05, 0.1) is 28.6 Å². The van der Waals surface area contributed by atoms with Crippen molar-refractivity contribution in [1.29, 1.82) is 0 Å². The lowest BCUT2D eigenvalue weighted by Crippen LogP contribution is -2.27. The summed E-state index contributed by atoms with van der Waals surface area (Å²) in [4.78, 5) is 12.5. The number of anilines is 1. The van der Waals surface area contributed by atoms with Gasteiger partial charge in [0, 0.05) is 13.6 Å². The number of aryl methyl sites for hydroxylation is 1. The second-order valence-corrected chi connectivity index (χ2v) is 9.49.